The third-order valence-electron chi connectivity index (χ3n) is 2.82. The third kappa shape index (κ3) is 2.02. The molecule has 0 spiro atoms. The summed E-state index contributed by atoms with van der Waals surface area (Å²) in [7, 11) is 0. The standard InChI is InChI=1S/C14H7ClN4O/c15-14-18-13(17-11-2-1-7-19(11)14)12(20)10-5-3-9(8-16)4-6-10/h1-7H. The molecule has 1 aromatic carbocycles. The van der Waals surface area contributed by atoms with Crippen molar-refractivity contribution in [2.24, 2.45) is 0 Å². The van der Waals surface area contributed by atoms with Crippen molar-refractivity contribution in [3.05, 3.63) is 64.8 Å². The molecule has 96 valence electrons. The SMILES string of the molecule is N#Cc1ccc(C(=O)c2nc(Cl)n3cccc3n2)cc1. The van der Waals surface area contributed by atoms with E-state index in [0.29, 0.717) is 16.8 Å². The fraction of sp³-hybridized carbons (Fsp3) is 0. The number of nitrogens with zero attached hydrogens (tertiary/aromatic N) is 4. The molecule has 0 fully saturated rings. The summed E-state index contributed by atoms with van der Waals surface area (Å²) >= 11 is 6.00. The summed E-state index contributed by atoms with van der Waals surface area (Å²) in [5.41, 5.74) is 1.46. The first-order chi connectivity index (χ1) is 9.69. The summed E-state index contributed by atoms with van der Waals surface area (Å²) in [5, 5.41) is 8.91. The van der Waals surface area contributed by atoms with E-state index in [2.05, 4.69) is 9.97 Å². The van der Waals surface area contributed by atoms with Gasteiger partial charge < -0.3 is 0 Å². The molecule has 0 aliphatic rings. The third-order valence-corrected chi connectivity index (χ3v) is 3.09. The summed E-state index contributed by atoms with van der Waals surface area (Å²) in [5.74, 6) is -0.300. The first kappa shape index (κ1) is 12.3. The van der Waals surface area contributed by atoms with Crippen LogP contribution < -0.4 is 0 Å². The molecule has 20 heavy (non-hydrogen) atoms. The number of halogens is 1. The van der Waals surface area contributed by atoms with Gasteiger partial charge in [-0.2, -0.15) is 10.2 Å². The minimum atomic E-state index is -0.333. The lowest BCUT2D eigenvalue weighted by Crippen LogP contribution is -2.09. The predicted octanol–water partition coefficient (Wildman–Crippen LogP) is 2.49. The number of fused-ring (bicyclic) bond motifs is 1. The van der Waals surface area contributed by atoms with Crippen molar-refractivity contribution in [1.29, 1.82) is 5.26 Å². The molecule has 6 heteroatoms. The molecule has 2 aromatic heterocycles. The van der Waals surface area contributed by atoms with Crippen LogP contribution in [0.2, 0.25) is 5.28 Å². The zero-order valence-corrected chi connectivity index (χ0v) is 10.9. The zero-order valence-electron chi connectivity index (χ0n) is 10.1. The Balaban J connectivity index is 2.05. The lowest BCUT2D eigenvalue weighted by atomic mass is 10.1. The number of nitriles is 1. The Morgan fingerprint density at radius 2 is 1.95 bits per heavy atom. The van der Waals surface area contributed by atoms with Gasteiger partial charge in [0, 0.05) is 11.8 Å². The van der Waals surface area contributed by atoms with Crippen molar-refractivity contribution in [2.45, 2.75) is 0 Å². The first-order valence-corrected chi connectivity index (χ1v) is 6.12. The van der Waals surface area contributed by atoms with E-state index >= 15 is 0 Å². The fourth-order valence-corrected chi connectivity index (χ4v) is 2.04. The average Bonchev–Trinajstić information content (AvgIpc) is 2.95. The number of hydrogen-bond donors (Lipinski definition) is 0. The molecule has 0 amide bonds. The van der Waals surface area contributed by atoms with Gasteiger partial charge in [0.15, 0.2) is 0 Å². The van der Waals surface area contributed by atoms with E-state index < -0.39 is 0 Å². The van der Waals surface area contributed by atoms with Crippen LogP contribution in [0.15, 0.2) is 42.6 Å². The number of carbonyl (C=O) groups excluding carboxylic acids is 1. The van der Waals surface area contributed by atoms with Crippen LogP contribution in [0.5, 0.6) is 0 Å². The molecule has 0 atom stereocenters. The van der Waals surface area contributed by atoms with Crippen LogP contribution in [0.1, 0.15) is 21.7 Å². The number of rotatable bonds is 2. The van der Waals surface area contributed by atoms with Crippen LogP contribution in [0.4, 0.5) is 0 Å². The molecule has 0 aliphatic heterocycles. The van der Waals surface area contributed by atoms with E-state index in [9.17, 15) is 4.79 Å². The summed E-state index contributed by atoms with van der Waals surface area (Å²) < 4.78 is 1.58. The molecule has 3 rings (SSSR count). The van der Waals surface area contributed by atoms with Gasteiger partial charge in [-0.15, -0.1) is 0 Å². The maximum atomic E-state index is 12.3. The van der Waals surface area contributed by atoms with Crippen LogP contribution >= 0.6 is 11.6 Å². The number of aromatic nitrogens is 3. The zero-order chi connectivity index (χ0) is 14.1. The first-order valence-electron chi connectivity index (χ1n) is 5.74. The predicted molar refractivity (Wildman–Crippen MR) is 72.6 cm³/mol. The smallest absolute Gasteiger partial charge is 0.230 e. The van der Waals surface area contributed by atoms with E-state index in [0.717, 1.165) is 0 Å². The van der Waals surface area contributed by atoms with Crippen molar-refractivity contribution in [3.8, 4) is 6.07 Å². The molecule has 0 saturated carbocycles. The Kier molecular flexibility index (Phi) is 2.93. The van der Waals surface area contributed by atoms with Crippen LogP contribution in [0.25, 0.3) is 5.65 Å². The van der Waals surface area contributed by atoms with Crippen molar-refractivity contribution in [1.82, 2.24) is 14.4 Å². The Hall–Kier alpha value is -2.71. The Morgan fingerprint density at radius 3 is 2.65 bits per heavy atom. The molecule has 0 unspecified atom stereocenters. The molecule has 0 saturated heterocycles. The van der Waals surface area contributed by atoms with Crippen molar-refractivity contribution < 1.29 is 4.79 Å². The van der Waals surface area contributed by atoms with Gasteiger partial charge in [0.1, 0.15) is 5.65 Å². The van der Waals surface area contributed by atoms with Crippen LogP contribution in [-0.4, -0.2) is 20.2 Å². The van der Waals surface area contributed by atoms with Gasteiger partial charge >= 0.3 is 0 Å². The van der Waals surface area contributed by atoms with Crippen molar-refractivity contribution in [3.63, 3.8) is 0 Å². The summed E-state index contributed by atoms with van der Waals surface area (Å²) in [6.07, 6.45) is 1.72. The topological polar surface area (TPSA) is 71.0 Å². The Morgan fingerprint density at radius 1 is 1.20 bits per heavy atom. The normalized spacial score (nSPS) is 10.4. The minimum Gasteiger partial charge on any atom is -0.285 e. The molecule has 0 radical (unpaired) electrons. The molecule has 0 aliphatic carbocycles. The summed E-state index contributed by atoms with van der Waals surface area (Å²) in [6, 6.07) is 11.8. The second kappa shape index (κ2) is 4.76. The number of ketones is 1. The lowest BCUT2D eigenvalue weighted by Gasteiger charge is -2.03. The van der Waals surface area contributed by atoms with Crippen molar-refractivity contribution in [2.75, 3.05) is 0 Å². The number of carbonyl (C=O) groups is 1. The van der Waals surface area contributed by atoms with Crippen molar-refractivity contribution >= 4 is 23.0 Å². The lowest BCUT2D eigenvalue weighted by molar-refractivity contribution is 0.102. The van der Waals surface area contributed by atoms with Gasteiger partial charge in [-0.1, -0.05) is 0 Å². The second-order valence-corrected chi connectivity index (χ2v) is 4.41. The van der Waals surface area contributed by atoms with E-state index in [1.54, 1.807) is 47.0 Å². The van der Waals surface area contributed by atoms with Gasteiger partial charge in [0.05, 0.1) is 11.6 Å². The number of hydrogen-bond acceptors (Lipinski definition) is 4. The summed E-state index contributed by atoms with van der Waals surface area (Å²) in [6.45, 7) is 0. The van der Waals surface area contributed by atoms with Gasteiger partial charge in [0.25, 0.3) is 0 Å². The highest BCUT2D eigenvalue weighted by atomic mass is 35.5. The molecule has 3 aromatic rings. The highest BCUT2D eigenvalue weighted by Gasteiger charge is 2.15. The fourth-order valence-electron chi connectivity index (χ4n) is 1.82. The Labute approximate surface area is 119 Å². The van der Waals surface area contributed by atoms with Gasteiger partial charge in [-0.3, -0.25) is 9.20 Å². The van der Waals surface area contributed by atoms with Gasteiger partial charge in [-0.05, 0) is 48.0 Å². The number of benzene rings is 1. The van der Waals surface area contributed by atoms with E-state index in [4.69, 9.17) is 16.9 Å². The van der Waals surface area contributed by atoms with Gasteiger partial charge in [-0.25, -0.2) is 4.98 Å². The van der Waals surface area contributed by atoms with E-state index in [1.807, 2.05) is 6.07 Å². The quantitative estimate of drug-likeness (QED) is 0.677. The van der Waals surface area contributed by atoms with Crippen LogP contribution in [0, 0.1) is 11.3 Å². The monoisotopic (exact) mass is 282 g/mol. The second-order valence-electron chi connectivity index (χ2n) is 4.07. The molecule has 5 nitrogen and oxygen atoms in total. The van der Waals surface area contributed by atoms with Crippen LogP contribution in [-0.2, 0) is 0 Å². The summed E-state index contributed by atoms with van der Waals surface area (Å²) in [4.78, 5) is 20.5. The molecule has 0 bridgehead atoms. The maximum Gasteiger partial charge on any atom is 0.230 e. The Bertz CT molecular complexity index is 846. The van der Waals surface area contributed by atoms with E-state index in [-0.39, 0.29) is 16.9 Å². The average molecular weight is 283 g/mol. The molecular weight excluding hydrogens is 276 g/mol. The molecular formula is C14H7ClN4O. The highest BCUT2D eigenvalue weighted by molar-refractivity contribution is 6.28. The molecule has 0 N–H and O–H groups in total. The largest absolute Gasteiger partial charge is 0.285 e. The van der Waals surface area contributed by atoms with Gasteiger partial charge in [0.2, 0.25) is 16.9 Å². The molecule has 2 heterocycles. The van der Waals surface area contributed by atoms with Crippen LogP contribution in [0.3, 0.4) is 0 Å². The minimum absolute atomic E-state index is 0.0332. The van der Waals surface area contributed by atoms with E-state index in [1.165, 1.54) is 0 Å². The maximum absolute atomic E-state index is 12.3. The highest BCUT2D eigenvalue weighted by Crippen LogP contribution is 2.13.